The van der Waals surface area contributed by atoms with Gasteiger partial charge in [-0.1, -0.05) is 6.07 Å². The molecule has 0 atom stereocenters. The monoisotopic (exact) mass is 468 g/mol. The van der Waals surface area contributed by atoms with Crippen LogP contribution in [0.2, 0.25) is 0 Å². The number of aryl methyl sites for hydroxylation is 1. The third kappa shape index (κ3) is 4.20. The zero-order chi connectivity index (χ0) is 23.9. The molecule has 0 spiro atoms. The van der Waals surface area contributed by atoms with Gasteiger partial charge in [0.15, 0.2) is 5.82 Å². The normalized spacial score (nSPS) is 16.0. The molecule has 0 unspecified atom stereocenters. The minimum atomic E-state index is -0.0335. The van der Waals surface area contributed by atoms with E-state index in [0.717, 1.165) is 66.9 Å². The van der Waals surface area contributed by atoms with Crippen LogP contribution in [0.15, 0.2) is 55.1 Å². The fraction of sp³-hybridized carbons (Fsp3) is 0.333. The maximum atomic E-state index is 13.0. The maximum absolute atomic E-state index is 13.0. The molecule has 2 amide bonds. The lowest BCUT2D eigenvalue weighted by molar-refractivity contribution is 0.0723. The van der Waals surface area contributed by atoms with E-state index in [9.17, 15) is 9.59 Å². The summed E-state index contributed by atoms with van der Waals surface area (Å²) in [7, 11) is 0. The number of nitrogens with one attached hydrogen (secondary N) is 1. The molecular formula is C27H28N6O2. The Morgan fingerprint density at radius 3 is 2.57 bits per heavy atom. The van der Waals surface area contributed by atoms with E-state index in [2.05, 4.69) is 15.4 Å². The molecule has 1 aliphatic heterocycles. The zero-order valence-corrected chi connectivity index (χ0v) is 19.8. The van der Waals surface area contributed by atoms with Crippen molar-refractivity contribution in [2.24, 2.45) is 0 Å². The molecule has 1 saturated carbocycles. The molecule has 6 rings (SSSR count). The molecule has 4 heterocycles. The molecule has 35 heavy (non-hydrogen) atoms. The molecule has 0 bridgehead atoms. The summed E-state index contributed by atoms with van der Waals surface area (Å²) >= 11 is 0. The largest absolute Gasteiger partial charge is 0.349 e. The maximum Gasteiger partial charge on any atom is 0.255 e. The Kier molecular flexibility index (Phi) is 5.36. The highest BCUT2D eigenvalue weighted by molar-refractivity contribution is 5.96. The van der Waals surface area contributed by atoms with E-state index in [1.54, 1.807) is 17.1 Å². The Morgan fingerprint density at radius 1 is 0.971 bits per heavy atom. The van der Waals surface area contributed by atoms with Gasteiger partial charge in [0.25, 0.3) is 11.8 Å². The van der Waals surface area contributed by atoms with Crippen molar-refractivity contribution in [3.05, 3.63) is 71.8 Å². The highest BCUT2D eigenvalue weighted by Crippen LogP contribution is 2.27. The molecule has 4 aromatic rings. The molecule has 0 radical (unpaired) electrons. The zero-order valence-electron chi connectivity index (χ0n) is 19.8. The lowest BCUT2D eigenvalue weighted by Crippen LogP contribution is -2.35. The molecule has 1 aromatic carbocycles. The van der Waals surface area contributed by atoms with Crippen molar-refractivity contribution < 1.29 is 9.59 Å². The van der Waals surface area contributed by atoms with Crippen molar-refractivity contribution in [1.82, 2.24) is 29.4 Å². The number of fused-ring (bicyclic) bond motifs is 1. The van der Waals surface area contributed by atoms with Crippen molar-refractivity contribution in [2.45, 2.75) is 45.1 Å². The van der Waals surface area contributed by atoms with Gasteiger partial charge in [-0.25, -0.2) is 9.67 Å². The number of pyridine rings is 1. The number of likely N-dealkylation sites (tertiary alicyclic amines) is 1. The van der Waals surface area contributed by atoms with E-state index >= 15 is 0 Å². The van der Waals surface area contributed by atoms with Crippen LogP contribution in [0, 0.1) is 6.92 Å². The quantitative estimate of drug-likeness (QED) is 0.480. The standard InChI is InChI=1S/C27H28N6O2/c1-18-5-6-19(26(34)30-22-8-9-22)13-23(18)21-14-29-33(17-21)25-15-28-24-10-7-20(16-32(24)25)27(35)31-11-3-2-4-12-31/h5-7,10,13-17,22H,2-4,8-9,11-12H2,1H3,(H,30,34). The van der Waals surface area contributed by atoms with Crippen LogP contribution in [-0.4, -0.2) is 55.0 Å². The van der Waals surface area contributed by atoms with Crippen molar-refractivity contribution in [3.63, 3.8) is 0 Å². The van der Waals surface area contributed by atoms with Crippen LogP contribution in [0.3, 0.4) is 0 Å². The molecule has 2 fully saturated rings. The summed E-state index contributed by atoms with van der Waals surface area (Å²) in [5.41, 5.74) is 5.01. The van der Waals surface area contributed by atoms with Crippen molar-refractivity contribution in [3.8, 4) is 16.9 Å². The van der Waals surface area contributed by atoms with Crippen LogP contribution in [-0.2, 0) is 0 Å². The van der Waals surface area contributed by atoms with E-state index in [1.165, 1.54) is 6.42 Å². The summed E-state index contributed by atoms with van der Waals surface area (Å²) in [6.07, 6.45) is 12.8. The second kappa shape index (κ2) is 8.69. The molecule has 3 aromatic heterocycles. The van der Waals surface area contributed by atoms with Gasteiger partial charge in [0.1, 0.15) is 5.65 Å². The highest BCUT2D eigenvalue weighted by Gasteiger charge is 2.24. The lowest BCUT2D eigenvalue weighted by atomic mass is 10.0. The van der Waals surface area contributed by atoms with Crippen LogP contribution >= 0.6 is 0 Å². The van der Waals surface area contributed by atoms with Gasteiger partial charge in [-0.2, -0.15) is 5.10 Å². The summed E-state index contributed by atoms with van der Waals surface area (Å²) in [4.78, 5) is 32.0. The number of carbonyl (C=O) groups excluding carboxylic acids is 2. The Morgan fingerprint density at radius 2 is 1.77 bits per heavy atom. The molecule has 1 aliphatic carbocycles. The molecule has 8 heteroatoms. The summed E-state index contributed by atoms with van der Waals surface area (Å²) in [6.45, 7) is 3.66. The van der Waals surface area contributed by atoms with Crippen molar-refractivity contribution >= 4 is 17.5 Å². The third-order valence-electron chi connectivity index (χ3n) is 6.92. The number of hydrogen-bond acceptors (Lipinski definition) is 4. The first-order chi connectivity index (χ1) is 17.1. The smallest absolute Gasteiger partial charge is 0.255 e. The Bertz CT molecular complexity index is 1420. The first-order valence-electron chi connectivity index (χ1n) is 12.3. The number of hydrogen-bond donors (Lipinski definition) is 1. The fourth-order valence-corrected chi connectivity index (χ4v) is 4.70. The van der Waals surface area contributed by atoms with Gasteiger partial charge >= 0.3 is 0 Å². The van der Waals surface area contributed by atoms with Crippen molar-refractivity contribution in [2.75, 3.05) is 13.1 Å². The SMILES string of the molecule is Cc1ccc(C(=O)NC2CC2)cc1-c1cnn(-c2cnc3ccc(C(=O)N4CCCCC4)cn23)c1. The van der Waals surface area contributed by atoms with Crippen LogP contribution in [0.4, 0.5) is 0 Å². The van der Waals surface area contributed by atoms with Gasteiger partial charge < -0.3 is 10.2 Å². The topological polar surface area (TPSA) is 84.5 Å². The second-order valence-electron chi connectivity index (χ2n) is 9.57. The average Bonchev–Trinajstić information content (AvgIpc) is 3.39. The Balaban J connectivity index is 1.31. The number of nitrogens with zero attached hydrogens (tertiary/aromatic N) is 5. The first kappa shape index (κ1) is 21.6. The summed E-state index contributed by atoms with van der Waals surface area (Å²) < 4.78 is 3.67. The van der Waals surface area contributed by atoms with Gasteiger partial charge in [0.05, 0.1) is 18.0 Å². The number of imidazole rings is 1. The average molecular weight is 469 g/mol. The van der Waals surface area contributed by atoms with Crippen molar-refractivity contribution in [1.29, 1.82) is 0 Å². The molecular weight excluding hydrogens is 440 g/mol. The van der Waals surface area contributed by atoms with E-state index < -0.39 is 0 Å². The summed E-state index contributed by atoms with van der Waals surface area (Å²) in [6, 6.07) is 9.80. The highest BCUT2D eigenvalue weighted by atomic mass is 16.2. The number of piperidine rings is 1. The number of amides is 2. The van der Waals surface area contributed by atoms with Crippen LogP contribution < -0.4 is 5.32 Å². The second-order valence-corrected chi connectivity index (χ2v) is 9.57. The number of aromatic nitrogens is 4. The van der Waals surface area contributed by atoms with Gasteiger partial charge in [-0.3, -0.25) is 14.0 Å². The predicted octanol–water partition coefficient (Wildman–Crippen LogP) is 4.01. The van der Waals surface area contributed by atoms with E-state index in [-0.39, 0.29) is 11.8 Å². The van der Waals surface area contributed by atoms with E-state index in [4.69, 9.17) is 0 Å². The third-order valence-corrected chi connectivity index (χ3v) is 6.92. The summed E-state index contributed by atoms with van der Waals surface area (Å²) in [5.74, 6) is 0.776. The molecule has 1 N–H and O–H groups in total. The molecule has 8 nitrogen and oxygen atoms in total. The van der Waals surface area contributed by atoms with Gasteiger partial charge in [-0.15, -0.1) is 0 Å². The Labute approximate surface area is 203 Å². The van der Waals surface area contributed by atoms with Gasteiger partial charge in [0, 0.05) is 42.7 Å². The van der Waals surface area contributed by atoms with E-state index in [1.807, 2.05) is 58.9 Å². The van der Waals surface area contributed by atoms with Crippen LogP contribution in [0.5, 0.6) is 0 Å². The number of carbonyl (C=O) groups is 2. The predicted molar refractivity (Wildman–Crippen MR) is 133 cm³/mol. The molecule has 1 saturated heterocycles. The van der Waals surface area contributed by atoms with Crippen LogP contribution in [0.1, 0.15) is 58.4 Å². The number of rotatable bonds is 5. The summed E-state index contributed by atoms with van der Waals surface area (Å²) in [5, 5.41) is 7.64. The molecule has 178 valence electrons. The number of benzene rings is 1. The van der Waals surface area contributed by atoms with Gasteiger partial charge in [0.2, 0.25) is 0 Å². The van der Waals surface area contributed by atoms with Gasteiger partial charge in [-0.05, 0) is 74.4 Å². The first-order valence-corrected chi connectivity index (χ1v) is 12.3. The minimum absolute atomic E-state index is 0.0335. The lowest BCUT2D eigenvalue weighted by Gasteiger charge is -2.26. The molecule has 2 aliphatic rings. The van der Waals surface area contributed by atoms with E-state index in [0.29, 0.717) is 17.2 Å². The fourth-order valence-electron chi connectivity index (χ4n) is 4.70. The van der Waals surface area contributed by atoms with Crippen LogP contribution in [0.25, 0.3) is 22.6 Å². The Hall–Kier alpha value is -3.94. The minimum Gasteiger partial charge on any atom is -0.349 e.